The van der Waals surface area contributed by atoms with Crippen molar-refractivity contribution in [2.45, 2.75) is 0 Å². The molecule has 1 amide bonds. The van der Waals surface area contributed by atoms with Crippen LogP contribution in [0.3, 0.4) is 0 Å². The zero-order valence-corrected chi connectivity index (χ0v) is 10.8. The minimum Gasteiger partial charge on any atom is -0.396 e. The fourth-order valence-corrected chi connectivity index (χ4v) is 2.06. The lowest BCUT2D eigenvalue weighted by atomic mass is 10.1. The van der Waals surface area contributed by atoms with Gasteiger partial charge in [0.15, 0.2) is 0 Å². The highest BCUT2D eigenvalue weighted by Crippen LogP contribution is 2.26. The van der Waals surface area contributed by atoms with Gasteiger partial charge in [-0.2, -0.15) is 10.4 Å². The average molecular weight is 278 g/mol. The summed E-state index contributed by atoms with van der Waals surface area (Å²) in [5.74, 6) is -0.620. The van der Waals surface area contributed by atoms with Crippen LogP contribution in [0.2, 0.25) is 0 Å². The Morgan fingerprint density at radius 1 is 1.29 bits per heavy atom. The van der Waals surface area contributed by atoms with Crippen molar-refractivity contribution < 1.29 is 4.79 Å². The summed E-state index contributed by atoms with van der Waals surface area (Å²) in [6.07, 6.45) is 4.70. The highest BCUT2D eigenvalue weighted by atomic mass is 16.1. The van der Waals surface area contributed by atoms with Crippen molar-refractivity contribution in [1.29, 1.82) is 5.26 Å². The molecule has 0 aromatic carbocycles. The highest BCUT2D eigenvalue weighted by Gasteiger charge is 2.12. The SMILES string of the molecule is N#Cc1ccc(-c2cc3c(N)c(C(N)=O)cnn3c2)cn1. The van der Waals surface area contributed by atoms with E-state index in [-0.39, 0.29) is 11.3 Å². The van der Waals surface area contributed by atoms with Crippen molar-refractivity contribution in [3.05, 3.63) is 48.0 Å². The van der Waals surface area contributed by atoms with Crippen molar-refractivity contribution in [2.75, 3.05) is 5.73 Å². The van der Waals surface area contributed by atoms with Gasteiger partial charge < -0.3 is 11.5 Å². The largest absolute Gasteiger partial charge is 0.396 e. The summed E-state index contributed by atoms with van der Waals surface area (Å²) in [4.78, 5) is 15.3. The Balaban J connectivity index is 2.14. The number of primary amides is 1. The number of amides is 1. The van der Waals surface area contributed by atoms with E-state index in [0.29, 0.717) is 11.2 Å². The van der Waals surface area contributed by atoms with Crippen molar-refractivity contribution >= 4 is 17.1 Å². The average Bonchev–Trinajstić information content (AvgIpc) is 2.92. The Bertz CT molecular complexity index is 888. The Labute approximate surface area is 119 Å². The molecule has 4 N–H and O–H groups in total. The molecule has 3 heterocycles. The van der Waals surface area contributed by atoms with Gasteiger partial charge in [-0.3, -0.25) is 4.79 Å². The lowest BCUT2D eigenvalue weighted by molar-refractivity contribution is 0.100. The van der Waals surface area contributed by atoms with Gasteiger partial charge in [-0.25, -0.2) is 9.50 Å². The summed E-state index contributed by atoms with van der Waals surface area (Å²) in [7, 11) is 0. The second kappa shape index (κ2) is 4.61. The summed E-state index contributed by atoms with van der Waals surface area (Å²) in [6, 6.07) is 7.16. The molecule has 0 fully saturated rings. The number of anilines is 1. The van der Waals surface area contributed by atoms with Crippen LogP contribution in [0.15, 0.2) is 36.8 Å². The monoisotopic (exact) mass is 278 g/mol. The van der Waals surface area contributed by atoms with Crippen LogP contribution in [0, 0.1) is 11.3 Å². The quantitative estimate of drug-likeness (QED) is 0.722. The first-order valence-electron chi connectivity index (χ1n) is 6.03. The van der Waals surface area contributed by atoms with E-state index in [1.54, 1.807) is 35.1 Å². The van der Waals surface area contributed by atoms with E-state index in [4.69, 9.17) is 16.7 Å². The number of rotatable bonds is 2. The van der Waals surface area contributed by atoms with Crippen LogP contribution in [0.5, 0.6) is 0 Å². The molecule has 7 heteroatoms. The molecule has 3 aromatic heterocycles. The van der Waals surface area contributed by atoms with Crippen molar-refractivity contribution in [3.63, 3.8) is 0 Å². The maximum atomic E-state index is 11.3. The predicted molar refractivity (Wildman–Crippen MR) is 76.1 cm³/mol. The van der Waals surface area contributed by atoms with Crippen LogP contribution < -0.4 is 11.5 Å². The first-order valence-corrected chi connectivity index (χ1v) is 6.03. The number of aromatic nitrogens is 3. The number of fused-ring (bicyclic) bond motifs is 1. The van der Waals surface area contributed by atoms with Crippen LogP contribution in [-0.4, -0.2) is 20.5 Å². The number of nitrogens with two attached hydrogens (primary N) is 2. The van der Waals surface area contributed by atoms with E-state index in [1.165, 1.54) is 6.20 Å². The second-order valence-electron chi connectivity index (χ2n) is 4.44. The predicted octanol–water partition coefficient (Wildman–Crippen LogP) is 0.949. The molecule has 0 unspecified atom stereocenters. The van der Waals surface area contributed by atoms with Gasteiger partial charge in [-0.05, 0) is 18.2 Å². The molecule has 0 aliphatic rings. The van der Waals surface area contributed by atoms with E-state index >= 15 is 0 Å². The third kappa shape index (κ3) is 2.04. The number of hydrogen-bond acceptors (Lipinski definition) is 5. The maximum Gasteiger partial charge on any atom is 0.252 e. The van der Waals surface area contributed by atoms with Gasteiger partial charge in [-0.15, -0.1) is 0 Å². The third-order valence-electron chi connectivity index (χ3n) is 3.15. The number of carbonyl (C=O) groups excluding carboxylic acids is 1. The van der Waals surface area contributed by atoms with Gasteiger partial charge in [0.05, 0.1) is 23.0 Å². The Morgan fingerprint density at radius 3 is 2.71 bits per heavy atom. The standard InChI is InChI=1S/C14H10N6O/c15-4-10-2-1-8(5-18-10)9-3-12-13(16)11(14(17)21)6-19-20(12)7-9/h1-3,5-7H,16H2,(H2,17,21). The molecule has 0 spiro atoms. The van der Waals surface area contributed by atoms with Gasteiger partial charge >= 0.3 is 0 Å². The molecule has 0 saturated carbocycles. The van der Waals surface area contributed by atoms with Crippen molar-refractivity contribution in [2.24, 2.45) is 5.73 Å². The van der Waals surface area contributed by atoms with Crippen LogP contribution in [-0.2, 0) is 0 Å². The first-order chi connectivity index (χ1) is 10.1. The van der Waals surface area contributed by atoms with Crippen LogP contribution in [0.25, 0.3) is 16.6 Å². The minimum atomic E-state index is -0.620. The van der Waals surface area contributed by atoms with Gasteiger partial charge in [0.25, 0.3) is 5.91 Å². The summed E-state index contributed by atoms with van der Waals surface area (Å²) in [5.41, 5.74) is 14.2. The maximum absolute atomic E-state index is 11.3. The van der Waals surface area contributed by atoms with Gasteiger partial charge in [0.2, 0.25) is 0 Å². The lowest BCUT2D eigenvalue weighted by Gasteiger charge is -2.02. The number of nitrogen functional groups attached to an aromatic ring is 1. The Morgan fingerprint density at radius 2 is 2.10 bits per heavy atom. The number of nitrogens with zero attached hydrogens (tertiary/aromatic N) is 4. The molecule has 0 atom stereocenters. The number of carbonyl (C=O) groups is 1. The lowest BCUT2D eigenvalue weighted by Crippen LogP contribution is -2.15. The zero-order chi connectivity index (χ0) is 15.0. The molecular weight excluding hydrogens is 268 g/mol. The minimum absolute atomic E-state index is 0.185. The first kappa shape index (κ1) is 12.6. The summed E-state index contributed by atoms with van der Waals surface area (Å²) < 4.78 is 1.56. The van der Waals surface area contributed by atoms with E-state index in [9.17, 15) is 4.79 Å². The number of pyridine rings is 1. The molecular formula is C14H10N6O. The van der Waals surface area contributed by atoms with Crippen LogP contribution in [0.4, 0.5) is 5.69 Å². The van der Waals surface area contributed by atoms with E-state index in [0.717, 1.165) is 11.1 Å². The van der Waals surface area contributed by atoms with Crippen molar-refractivity contribution in [1.82, 2.24) is 14.6 Å². The summed E-state index contributed by atoms with van der Waals surface area (Å²) in [6.45, 7) is 0. The third-order valence-corrected chi connectivity index (χ3v) is 3.15. The molecule has 0 bridgehead atoms. The molecule has 0 aliphatic heterocycles. The molecule has 0 aliphatic carbocycles. The topological polar surface area (TPSA) is 123 Å². The fourth-order valence-electron chi connectivity index (χ4n) is 2.06. The Hall–Kier alpha value is -3.40. The summed E-state index contributed by atoms with van der Waals surface area (Å²) >= 11 is 0. The molecule has 102 valence electrons. The molecule has 3 aromatic rings. The van der Waals surface area contributed by atoms with Gasteiger partial charge in [-0.1, -0.05) is 0 Å². The normalized spacial score (nSPS) is 10.4. The molecule has 0 saturated heterocycles. The molecule has 7 nitrogen and oxygen atoms in total. The van der Waals surface area contributed by atoms with E-state index < -0.39 is 5.91 Å². The molecule has 21 heavy (non-hydrogen) atoms. The highest BCUT2D eigenvalue weighted by molar-refractivity contribution is 6.01. The van der Waals surface area contributed by atoms with Crippen LogP contribution in [0.1, 0.15) is 16.1 Å². The second-order valence-corrected chi connectivity index (χ2v) is 4.44. The van der Waals surface area contributed by atoms with E-state index in [2.05, 4.69) is 10.1 Å². The zero-order valence-electron chi connectivity index (χ0n) is 10.8. The van der Waals surface area contributed by atoms with Gasteiger partial charge in [0, 0.05) is 23.5 Å². The fraction of sp³-hybridized carbons (Fsp3) is 0. The van der Waals surface area contributed by atoms with Crippen molar-refractivity contribution in [3.8, 4) is 17.2 Å². The number of nitriles is 1. The molecule has 3 rings (SSSR count). The number of hydrogen-bond donors (Lipinski definition) is 2. The Kier molecular flexibility index (Phi) is 2.77. The summed E-state index contributed by atoms with van der Waals surface area (Å²) in [5, 5.41) is 12.9. The van der Waals surface area contributed by atoms with Gasteiger partial charge in [0.1, 0.15) is 11.8 Å². The van der Waals surface area contributed by atoms with E-state index in [1.807, 2.05) is 6.07 Å². The smallest absolute Gasteiger partial charge is 0.252 e. The molecule has 0 radical (unpaired) electrons. The van der Waals surface area contributed by atoms with Crippen LogP contribution >= 0.6 is 0 Å².